The maximum Gasteiger partial charge on any atom is 0.271 e. The van der Waals surface area contributed by atoms with E-state index >= 15 is 0 Å². The first-order valence-corrected chi connectivity index (χ1v) is 9.76. The summed E-state index contributed by atoms with van der Waals surface area (Å²) in [7, 11) is -3.55. The number of hydrogen-bond acceptors (Lipinski definition) is 4. The van der Waals surface area contributed by atoms with Gasteiger partial charge in [-0.1, -0.05) is 24.3 Å². The summed E-state index contributed by atoms with van der Waals surface area (Å²) >= 11 is 1.29. The molecule has 6 heteroatoms. The molecule has 0 saturated heterocycles. The lowest BCUT2D eigenvalue weighted by molar-refractivity contribution is 0.603. The van der Waals surface area contributed by atoms with E-state index in [-0.39, 0.29) is 0 Å². The smallest absolute Gasteiger partial charge is 0.271 e. The minimum atomic E-state index is -3.55. The van der Waals surface area contributed by atoms with Crippen LogP contribution in [0, 0.1) is 0 Å². The SMILES string of the molecule is O=S(=O)(Nc1ccc2c(c1)CCNC2)c1cc2ccccc2s1. The van der Waals surface area contributed by atoms with E-state index in [4.69, 9.17) is 0 Å². The number of nitrogens with one attached hydrogen (secondary N) is 2. The van der Waals surface area contributed by atoms with Gasteiger partial charge in [0.05, 0.1) is 0 Å². The van der Waals surface area contributed by atoms with Gasteiger partial charge in [-0.05, 0) is 53.7 Å². The van der Waals surface area contributed by atoms with Crippen LogP contribution in [0.2, 0.25) is 0 Å². The first kappa shape index (κ1) is 14.7. The van der Waals surface area contributed by atoms with Crippen LogP contribution in [0.25, 0.3) is 10.1 Å². The Hall–Kier alpha value is -1.89. The Labute approximate surface area is 139 Å². The second-order valence-corrected chi connectivity index (χ2v) is 8.61. The number of fused-ring (bicyclic) bond motifs is 2. The Kier molecular flexibility index (Phi) is 3.60. The Morgan fingerprint density at radius 3 is 2.78 bits per heavy atom. The van der Waals surface area contributed by atoms with Gasteiger partial charge in [-0.15, -0.1) is 11.3 Å². The molecule has 0 bridgehead atoms. The lowest BCUT2D eigenvalue weighted by Gasteiger charge is -2.18. The predicted octanol–water partition coefficient (Wildman–Crippen LogP) is 3.35. The van der Waals surface area contributed by atoms with Crippen LogP contribution in [0.4, 0.5) is 5.69 Å². The summed E-state index contributed by atoms with van der Waals surface area (Å²) in [6.45, 7) is 1.78. The fourth-order valence-electron chi connectivity index (χ4n) is 2.84. The quantitative estimate of drug-likeness (QED) is 0.766. The summed E-state index contributed by atoms with van der Waals surface area (Å²) in [5.41, 5.74) is 3.07. The van der Waals surface area contributed by atoms with Crippen molar-refractivity contribution in [3.8, 4) is 0 Å². The van der Waals surface area contributed by atoms with Crippen molar-refractivity contribution < 1.29 is 8.42 Å². The molecule has 0 radical (unpaired) electrons. The molecule has 23 heavy (non-hydrogen) atoms. The number of thiophene rings is 1. The van der Waals surface area contributed by atoms with Gasteiger partial charge < -0.3 is 5.32 Å². The maximum absolute atomic E-state index is 12.6. The lowest BCUT2D eigenvalue weighted by atomic mass is 10.0. The third-order valence-electron chi connectivity index (χ3n) is 4.01. The van der Waals surface area contributed by atoms with Crippen LogP contribution in [-0.4, -0.2) is 15.0 Å². The van der Waals surface area contributed by atoms with Gasteiger partial charge in [0, 0.05) is 16.9 Å². The highest BCUT2D eigenvalue weighted by atomic mass is 32.2. The fraction of sp³-hybridized carbons (Fsp3) is 0.176. The highest BCUT2D eigenvalue weighted by molar-refractivity contribution is 7.94. The molecule has 2 heterocycles. The van der Waals surface area contributed by atoms with Gasteiger partial charge in [0.1, 0.15) is 4.21 Å². The maximum atomic E-state index is 12.6. The molecular formula is C17H16N2O2S2. The predicted molar refractivity (Wildman–Crippen MR) is 94.5 cm³/mol. The van der Waals surface area contributed by atoms with E-state index in [1.165, 1.54) is 22.5 Å². The van der Waals surface area contributed by atoms with E-state index in [0.717, 1.165) is 29.6 Å². The van der Waals surface area contributed by atoms with Crippen molar-refractivity contribution in [3.05, 3.63) is 59.7 Å². The third kappa shape index (κ3) is 2.85. The summed E-state index contributed by atoms with van der Waals surface area (Å²) in [6.07, 6.45) is 0.924. The van der Waals surface area contributed by atoms with Gasteiger partial charge in [0.15, 0.2) is 0 Å². The van der Waals surface area contributed by atoms with E-state index < -0.39 is 10.0 Å². The topological polar surface area (TPSA) is 58.2 Å². The third-order valence-corrected chi connectivity index (χ3v) is 6.98. The van der Waals surface area contributed by atoms with E-state index in [0.29, 0.717) is 9.90 Å². The minimum Gasteiger partial charge on any atom is -0.312 e. The molecular weight excluding hydrogens is 328 g/mol. The average Bonchev–Trinajstić information content (AvgIpc) is 2.99. The number of hydrogen-bond donors (Lipinski definition) is 2. The van der Waals surface area contributed by atoms with E-state index in [1.807, 2.05) is 42.5 Å². The monoisotopic (exact) mass is 344 g/mol. The van der Waals surface area contributed by atoms with Crippen molar-refractivity contribution in [1.29, 1.82) is 0 Å². The molecule has 1 aromatic heterocycles. The van der Waals surface area contributed by atoms with Gasteiger partial charge in [0.2, 0.25) is 0 Å². The van der Waals surface area contributed by atoms with E-state index in [9.17, 15) is 8.42 Å². The molecule has 2 aromatic carbocycles. The highest BCUT2D eigenvalue weighted by Gasteiger charge is 2.18. The van der Waals surface area contributed by atoms with Crippen molar-refractivity contribution in [2.45, 2.75) is 17.2 Å². The zero-order valence-electron chi connectivity index (χ0n) is 12.4. The molecule has 0 aliphatic carbocycles. The van der Waals surface area contributed by atoms with Gasteiger partial charge >= 0.3 is 0 Å². The molecule has 1 aliphatic rings. The summed E-state index contributed by atoms with van der Waals surface area (Å²) in [4.78, 5) is 0. The van der Waals surface area contributed by atoms with Crippen molar-refractivity contribution in [2.75, 3.05) is 11.3 Å². The zero-order chi connectivity index (χ0) is 15.9. The molecule has 0 unspecified atom stereocenters. The van der Waals surface area contributed by atoms with Crippen molar-refractivity contribution in [1.82, 2.24) is 5.32 Å². The van der Waals surface area contributed by atoms with E-state index in [2.05, 4.69) is 10.0 Å². The van der Waals surface area contributed by atoms with Gasteiger partial charge in [-0.2, -0.15) is 0 Å². The summed E-state index contributed by atoms with van der Waals surface area (Å²) in [6, 6.07) is 15.2. The molecule has 0 saturated carbocycles. The molecule has 0 fully saturated rings. The van der Waals surface area contributed by atoms with E-state index in [1.54, 1.807) is 6.07 Å². The molecule has 1 aliphatic heterocycles. The van der Waals surface area contributed by atoms with Crippen molar-refractivity contribution in [3.63, 3.8) is 0 Å². The Morgan fingerprint density at radius 1 is 1.04 bits per heavy atom. The first-order valence-electron chi connectivity index (χ1n) is 7.46. The normalized spacial score (nSPS) is 14.6. The van der Waals surface area contributed by atoms with Crippen LogP contribution in [0.1, 0.15) is 11.1 Å². The molecule has 4 nitrogen and oxygen atoms in total. The van der Waals surface area contributed by atoms with Crippen LogP contribution in [-0.2, 0) is 23.0 Å². The van der Waals surface area contributed by atoms with Gasteiger partial charge in [-0.3, -0.25) is 4.72 Å². The van der Waals surface area contributed by atoms with Gasteiger partial charge in [0.25, 0.3) is 10.0 Å². The van der Waals surface area contributed by atoms with Crippen LogP contribution in [0.5, 0.6) is 0 Å². The molecule has 118 valence electrons. The van der Waals surface area contributed by atoms with Crippen LogP contribution < -0.4 is 10.0 Å². The number of benzene rings is 2. The van der Waals surface area contributed by atoms with Crippen molar-refractivity contribution >= 4 is 37.1 Å². The van der Waals surface area contributed by atoms with Crippen LogP contribution in [0.3, 0.4) is 0 Å². The lowest BCUT2D eigenvalue weighted by Crippen LogP contribution is -2.23. The van der Waals surface area contributed by atoms with Crippen LogP contribution in [0.15, 0.2) is 52.7 Å². The highest BCUT2D eigenvalue weighted by Crippen LogP contribution is 2.30. The second-order valence-electron chi connectivity index (χ2n) is 5.62. The Bertz CT molecular complexity index is 944. The number of anilines is 1. The van der Waals surface area contributed by atoms with Crippen LogP contribution >= 0.6 is 11.3 Å². The average molecular weight is 344 g/mol. The summed E-state index contributed by atoms with van der Waals surface area (Å²) in [5.74, 6) is 0. The Balaban J connectivity index is 1.66. The summed E-state index contributed by atoms with van der Waals surface area (Å²) < 4.78 is 29.3. The Morgan fingerprint density at radius 2 is 1.91 bits per heavy atom. The minimum absolute atomic E-state index is 0.345. The molecule has 0 amide bonds. The molecule has 3 aromatic rings. The molecule has 2 N–H and O–H groups in total. The number of sulfonamides is 1. The second kappa shape index (κ2) is 5.63. The fourth-order valence-corrected chi connectivity index (χ4v) is 5.28. The molecule has 4 rings (SSSR count). The standard InChI is InChI=1S/C17H16N2O2S2/c20-23(21,17-10-13-3-1-2-4-16(13)22-17)19-15-6-5-14-11-18-8-7-12(14)9-15/h1-6,9-10,18-19H,7-8,11H2. The zero-order valence-corrected chi connectivity index (χ0v) is 14.0. The van der Waals surface area contributed by atoms with Crippen molar-refractivity contribution in [2.24, 2.45) is 0 Å². The number of rotatable bonds is 3. The first-order chi connectivity index (χ1) is 11.1. The largest absolute Gasteiger partial charge is 0.312 e. The van der Waals surface area contributed by atoms with Gasteiger partial charge in [-0.25, -0.2) is 8.42 Å². The molecule has 0 atom stereocenters. The molecule has 0 spiro atoms. The summed E-state index contributed by atoms with van der Waals surface area (Å²) in [5, 5.41) is 4.27.